The molecule has 0 aliphatic carbocycles. The van der Waals surface area contributed by atoms with Crippen LogP contribution in [-0.2, 0) is 6.54 Å². The third-order valence-corrected chi connectivity index (χ3v) is 5.55. The van der Waals surface area contributed by atoms with Crippen molar-refractivity contribution in [2.45, 2.75) is 6.54 Å². The average molecular weight is 405 g/mol. The number of primary amides is 1. The van der Waals surface area contributed by atoms with Gasteiger partial charge in [0, 0.05) is 27.3 Å². The Morgan fingerprint density at radius 3 is 2.63 bits per heavy atom. The van der Waals surface area contributed by atoms with Crippen LogP contribution in [0, 0.1) is 0 Å². The van der Waals surface area contributed by atoms with Gasteiger partial charge in [0.1, 0.15) is 0 Å². The van der Waals surface area contributed by atoms with Gasteiger partial charge >= 0.3 is 6.03 Å². The first-order chi connectivity index (χ1) is 9.04. The van der Waals surface area contributed by atoms with Crippen LogP contribution in [0.5, 0.6) is 0 Å². The minimum Gasteiger partial charge on any atom is -0.380 e. The number of nitrogens with two attached hydrogens (primary N) is 1. The highest BCUT2D eigenvalue weighted by Gasteiger charge is 2.04. The highest BCUT2D eigenvalue weighted by atomic mass is 79.9. The Morgan fingerprint density at radius 2 is 2.00 bits per heavy atom. The minimum atomic E-state index is -0.566. The summed E-state index contributed by atoms with van der Waals surface area (Å²) in [6, 6.07) is 8.91. The summed E-state index contributed by atoms with van der Waals surface area (Å²) in [7, 11) is 0. The molecule has 0 atom stereocenters. The molecule has 0 unspecified atom stereocenters. The van der Waals surface area contributed by atoms with Gasteiger partial charge in [0.2, 0.25) is 0 Å². The molecule has 0 spiro atoms. The number of anilines is 2. The van der Waals surface area contributed by atoms with E-state index in [9.17, 15) is 4.79 Å². The molecule has 1 aromatic carbocycles. The van der Waals surface area contributed by atoms with Crippen LogP contribution < -0.4 is 16.4 Å². The number of hydrogen-bond donors (Lipinski definition) is 3. The lowest BCUT2D eigenvalue weighted by Gasteiger charge is -2.07. The maximum atomic E-state index is 10.8. The lowest BCUT2D eigenvalue weighted by molar-refractivity contribution is 0.259. The van der Waals surface area contributed by atoms with Crippen LogP contribution in [0.3, 0.4) is 0 Å². The standard InChI is InChI=1S/C12H11Br2N3OS/c13-10-5-9(19-11(10)14)6-16-7-2-1-3-8(4-7)17-12(15)18/h1-5,16H,6H2,(H3,15,17,18). The number of hydrogen-bond acceptors (Lipinski definition) is 3. The molecule has 4 N–H and O–H groups in total. The van der Waals surface area contributed by atoms with Gasteiger partial charge in [-0.15, -0.1) is 11.3 Å². The van der Waals surface area contributed by atoms with Crippen molar-refractivity contribution in [1.82, 2.24) is 0 Å². The monoisotopic (exact) mass is 403 g/mol. The first kappa shape index (κ1) is 14.4. The van der Waals surface area contributed by atoms with Gasteiger partial charge in [-0.2, -0.15) is 0 Å². The number of carbonyl (C=O) groups is 1. The van der Waals surface area contributed by atoms with Gasteiger partial charge in [0.05, 0.1) is 3.79 Å². The van der Waals surface area contributed by atoms with Crippen molar-refractivity contribution in [1.29, 1.82) is 0 Å². The quantitative estimate of drug-likeness (QED) is 0.707. The van der Waals surface area contributed by atoms with Crippen LogP contribution in [-0.4, -0.2) is 6.03 Å². The first-order valence-electron chi connectivity index (χ1n) is 5.38. The predicted octanol–water partition coefficient (Wildman–Crippen LogP) is 4.38. The molecule has 7 heteroatoms. The molecule has 4 nitrogen and oxygen atoms in total. The molecule has 0 saturated carbocycles. The Bertz CT molecular complexity index is 581. The fraction of sp³-hybridized carbons (Fsp3) is 0.0833. The Morgan fingerprint density at radius 1 is 1.26 bits per heavy atom. The topological polar surface area (TPSA) is 67.2 Å². The second kappa shape index (κ2) is 6.40. The maximum Gasteiger partial charge on any atom is 0.316 e. The summed E-state index contributed by atoms with van der Waals surface area (Å²) in [4.78, 5) is 12.0. The number of carbonyl (C=O) groups excluding carboxylic acids is 1. The molecule has 1 heterocycles. The number of rotatable bonds is 4. The highest BCUT2D eigenvalue weighted by Crippen LogP contribution is 2.32. The summed E-state index contributed by atoms with van der Waals surface area (Å²) in [5, 5.41) is 5.83. The fourth-order valence-electron chi connectivity index (χ4n) is 1.52. The van der Waals surface area contributed by atoms with Crippen LogP contribution in [0.15, 0.2) is 38.6 Å². The summed E-state index contributed by atoms with van der Waals surface area (Å²) in [6.07, 6.45) is 0. The number of thiophene rings is 1. The van der Waals surface area contributed by atoms with Crippen LogP contribution in [0.4, 0.5) is 16.2 Å². The summed E-state index contributed by atoms with van der Waals surface area (Å²) in [5.41, 5.74) is 6.68. The van der Waals surface area contributed by atoms with Gasteiger partial charge in [-0.25, -0.2) is 4.79 Å². The number of halogens is 2. The molecule has 0 bridgehead atoms. The van der Waals surface area contributed by atoms with Crippen molar-refractivity contribution in [2.24, 2.45) is 5.73 Å². The van der Waals surface area contributed by atoms with Crippen molar-refractivity contribution in [3.8, 4) is 0 Å². The van der Waals surface area contributed by atoms with E-state index in [1.165, 1.54) is 4.88 Å². The number of amides is 2. The molecule has 0 radical (unpaired) electrons. The zero-order valence-electron chi connectivity index (χ0n) is 9.74. The van der Waals surface area contributed by atoms with E-state index in [2.05, 4.69) is 48.6 Å². The van der Waals surface area contributed by atoms with E-state index < -0.39 is 6.03 Å². The van der Waals surface area contributed by atoms with E-state index >= 15 is 0 Å². The summed E-state index contributed by atoms with van der Waals surface area (Å²) < 4.78 is 2.13. The molecule has 2 amide bonds. The van der Waals surface area contributed by atoms with E-state index in [1.54, 1.807) is 17.4 Å². The van der Waals surface area contributed by atoms with E-state index in [0.29, 0.717) is 5.69 Å². The summed E-state index contributed by atoms with van der Waals surface area (Å²) in [5.74, 6) is 0. The van der Waals surface area contributed by atoms with Crippen molar-refractivity contribution < 1.29 is 4.79 Å². The van der Waals surface area contributed by atoms with Crippen LogP contribution in [0.2, 0.25) is 0 Å². The minimum absolute atomic E-state index is 0.566. The Kier molecular flexibility index (Phi) is 4.84. The van der Waals surface area contributed by atoms with E-state index in [4.69, 9.17) is 5.73 Å². The Balaban J connectivity index is 2.01. The van der Waals surface area contributed by atoms with Crippen molar-refractivity contribution in [3.63, 3.8) is 0 Å². The van der Waals surface area contributed by atoms with Crippen molar-refractivity contribution in [3.05, 3.63) is 43.5 Å². The molecule has 100 valence electrons. The SMILES string of the molecule is NC(=O)Nc1cccc(NCc2cc(Br)c(Br)s2)c1. The second-order valence-electron chi connectivity index (χ2n) is 3.76. The molecular weight excluding hydrogens is 394 g/mol. The molecule has 0 aliphatic rings. The van der Waals surface area contributed by atoms with E-state index in [-0.39, 0.29) is 0 Å². The molecule has 0 saturated heterocycles. The number of urea groups is 1. The highest BCUT2D eigenvalue weighted by molar-refractivity contribution is 9.13. The predicted molar refractivity (Wildman–Crippen MR) is 86.7 cm³/mol. The first-order valence-corrected chi connectivity index (χ1v) is 7.79. The van der Waals surface area contributed by atoms with Crippen molar-refractivity contribution in [2.75, 3.05) is 10.6 Å². The third-order valence-electron chi connectivity index (χ3n) is 2.29. The molecule has 2 rings (SSSR count). The molecular formula is C12H11Br2N3OS. The largest absolute Gasteiger partial charge is 0.380 e. The van der Waals surface area contributed by atoms with Crippen molar-refractivity contribution >= 4 is 60.6 Å². The van der Waals surface area contributed by atoms with Gasteiger partial charge in [0.15, 0.2) is 0 Å². The lowest BCUT2D eigenvalue weighted by atomic mass is 10.2. The van der Waals surface area contributed by atoms with Gasteiger partial charge < -0.3 is 16.4 Å². The average Bonchev–Trinajstić information content (AvgIpc) is 2.66. The normalized spacial score (nSPS) is 10.2. The number of nitrogens with one attached hydrogen (secondary N) is 2. The van der Waals surface area contributed by atoms with E-state index in [0.717, 1.165) is 20.5 Å². The lowest BCUT2D eigenvalue weighted by Crippen LogP contribution is -2.19. The zero-order valence-corrected chi connectivity index (χ0v) is 13.7. The van der Waals surface area contributed by atoms with Gasteiger partial charge in [-0.1, -0.05) is 6.07 Å². The smallest absolute Gasteiger partial charge is 0.316 e. The third kappa shape index (κ3) is 4.22. The Labute approximate surface area is 131 Å². The second-order valence-corrected chi connectivity index (χ2v) is 7.07. The van der Waals surface area contributed by atoms with Crippen LogP contribution in [0.25, 0.3) is 0 Å². The maximum absolute atomic E-state index is 10.8. The molecule has 2 aromatic rings. The Hall–Kier alpha value is -1.05. The van der Waals surface area contributed by atoms with Gasteiger partial charge in [-0.3, -0.25) is 0 Å². The molecule has 0 aliphatic heterocycles. The van der Waals surface area contributed by atoms with Gasteiger partial charge in [-0.05, 0) is 56.1 Å². The zero-order chi connectivity index (χ0) is 13.8. The van der Waals surface area contributed by atoms with Crippen LogP contribution >= 0.6 is 43.2 Å². The summed E-state index contributed by atoms with van der Waals surface area (Å²) in [6.45, 7) is 0.717. The molecule has 19 heavy (non-hydrogen) atoms. The molecule has 0 fully saturated rings. The fourth-order valence-corrected chi connectivity index (χ4v) is 3.63. The number of benzene rings is 1. The van der Waals surface area contributed by atoms with Crippen LogP contribution in [0.1, 0.15) is 4.88 Å². The summed E-state index contributed by atoms with van der Waals surface area (Å²) >= 11 is 8.58. The van der Waals surface area contributed by atoms with Gasteiger partial charge in [0.25, 0.3) is 0 Å². The van der Waals surface area contributed by atoms with E-state index in [1.807, 2.05) is 18.2 Å². The molecule has 1 aromatic heterocycles.